The van der Waals surface area contributed by atoms with Crippen molar-refractivity contribution < 1.29 is 9.59 Å². The van der Waals surface area contributed by atoms with Crippen LogP contribution in [-0.4, -0.2) is 29.7 Å². The minimum absolute atomic E-state index is 0.0227. The molecular formula is C18H25NO2. The SMILES string of the molecule is CCN(CCC(=O)C1CCCCC1)C(=O)c1ccccc1. The van der Waals surface area contributed by atoms with E-state index >= 15 is 0 Å². The largest absolute Gasteiger partial charge is 0.338 e. The fraction of sp³-hybridized carbons (Fsp3) is 0.556. The van der Waals surface area contributed by atoms with E-state index in [0.717, 1.165) is 12.8 Å². The highest BCUT2D eigenvalue weighted by Crippen LogP contribution is 2.25. The summed E-state index contributed by atoms with van der Waals surface area (Å²) in [6.45, 7) is 3.15. The van der Waals surface area contributed by atoms with Crippen LogP contribution in [0.1, 0.15) is 55.8 Å². The second-order valence-corrected chi connectivity index (χ2v) is 5.80. The molecule has 114 valence electrons. The molecule has 1 aliphatic carbocycles. The Balaban J connectivity index is 1.87. The van der Waals surface area contributed by atoms with Gasteiger partial charge in [-0.1, -0.05) is 37.5 Å². The van der Waals surface area contributed by atoms with E-state index in [9.17, 15) is 9.59 Å². The molecule has 2 rings (SSSR count). The summed E-state index contributed by atoms with van der Waals surface area (Å²) in [5.41, 5.74) is 0.699. The van der Waals surface area contributed by atoms with Gasteiger partial charge in [0, 0.05) is 31.0 Å². The molecule has 1 fully saturated rings. The Morgan fingerprint density at radius 2 is 1.76 bits per heavy atom. The molecule has 1 saturated carbocycles. The summed E-state index contributed by atoms with van der Waals surface area (Å²) >= 11 is 0. The Kier molecular flexibility index (Phi) is 5.97. The summed E-state index contributed by atoms with van der Waals surface area (Å²) < 4.78 is 0. The van der Waals surface area contributed by atoms with Gasteiger partial charge in [-0.3, -0.25) is 9.59 Å². The van der Waals surface area contributed by atoms with E-state index in [1.54, 1.807) is 4.90 Å². The zero-order valence-corrected chi connectivity index (χ0v) is 12.9. The monoisotopic (exact) mass is 287 g/mol. The molecule has 3 heteroatoms. The molecule has 21 heavy (non-hydrogen) atoms. The molecule has 1 aromatic rings. The van der Waals surface area contributed by atoms with E-state index in [4.69, 9.17) is 0 Å². The lowest BCUT2D eigenvalue weighted by molar-refractivity contribution is -0.123. The summed E-state index contributed by atoms with van der Waals surface area (Å²) in [4.78, 5) is 26.4. The lowest BCUT2D eigenvalue weighted by atomic mass is 9.85. The van der Waals surface area contributed by atoms with Gasteiger partial charge in [0.1, 0.15) is 5.78 Å². The molecular weight excluding hydrogens is 262 g/mol. The molecule has 0 N–H and O–H groups in total. The van der Waals surface area contributed by atoms with Crippen molar-refractivity contribution in [1.29, 1.82) is 0 Å². The molecule has 0 radical (unpaired) electrons. The fourth-order valence-electron chi connectivity index (χ4n) is 3.04. The normalized spacial score (nSPS) is 15.7. The Labute approximate surface area is 127 Å². The van der Waals surface area contributed by atoms with Crippen molar-refractivity contribution in [3.05, 3.63) is 35.9 Å². The summed E-state index contributed by atoms with van der Waals surface area (Å²) in [5, 5.41) is 0. The average Bonchev–Trinajstić information content (AvgIpc) is 2.56. The molecule has 0 spiro atoms. The fourth-order valence-corrected chi connectivity index (χ4v) is 3.04. The van der Waals surface area contributed by atoms with Crippen LogP contribution in [0.2, 0.25) is 0 Å². The molecule has 1 aliphatic rings. The van der Waals surface area contributed by atoms with E-state index in [-0.39, 0.29) is 11.8 Å². The Bertz CT molecular complexity index is 463. The number of hydrogen-bond acceptors (Lipinski definition) is 2. The van der Waals surface area contributed by atoms with Crippen LogP contribution in [-0.2, 0) is 4.79 Å². The summed E-state index contributed by atoms with van der Waals surface area (Å²) in [6, 6.07) is 9.30. The lowest BCUT2D eigenvalue weighted by Crippen LogP contribution is -2.33. The van der Waals surface area contributed by atoms with Crippen molar-refractivity contribution in [2.75, 3.05) is 13.1 Å². The van der Waals surface area contributed by atoms with Crippen molar-refractivity contribution in [3.8, 4) is 0 Å². The molecule has 0 aliphatic heterocycles. The minimum Gasteiger partial charge on any atom is -0.338 e. The van der Waals surface area contributed by atoms with Crippen LogP contribution in [0.4, 0.5) is 0 Å². The number of rotatable bonds is 6. The first-order chi connectivity index (χ1) is 10.2. The zero-order valence-electron chi connectivity index (χ0n) is 12.9. The number of Topliss-reactive ketones (excluding diaryl/α,β-unsaturated/α-hetero) is 1. The number of hydrogen-bond donors (Lipinski definition) is 0. The van der Waals surface area contributed by atoms with Crippen LogP contribution >= 0.6 is 0 Å². The standard InChI is InChI=1S/C18H25NO2/c1-2-19(18(21)16-11-7-4-8-12-16)14-13-17(20)15-9-5-3-6-10-15/h4,7-8,11-12,15H,2-3,5-6,9-10,13-14H2,1H3. The van der Waals surface area contributed by atoms with Gasteiger partial charge < -0.3 is 4.90 Å². The van der Waals surface area contributed by atoms with Crippen LogP contribution < -0.4 is 0 Å². The number of ketones is 1. The second-order valence-electron chi connectivity index (χ2n) is 5.80. The summed E-state index contributed by atoms with van der Waals surface area (Å²) in [6.07, 6.45) is 6.19. The number of amides is 1. The predicted octanol–water partition coefficient (Wildman–Crippen LogP) is 3.69. The third-order valence-electron chi connectivity index (χ3n) is 4.38. The Morgan fingerprint density at radius 1 is 1.10 bits per heavy atom. The average molecular weight is 287 g/mol. The van der Waals surface area contributed by atoms with Crippen molar-refractivity contribution in [2.45, 2.75) is 45.4 Å². The predicted molar refractivity (Wildman–Crippen MR) is 84.2 cm³/mol. The van der Waals surface area contributed by atoms with Gasteiger partial charge in [-0.2, -0.15) is 0 Å². The van der Waals surface area contributed by atoms with Gasteiger partial charge in [-0.25, -0.2) is 0 Å². The summed E-state index contributed by atoms with van der Waals surface area (Å²) in [7, 11) is 0. The zero-order chi connectivity index (χ0) is 15.1. The number of nitrogens with zero attached hydrogens (tertiary/aromatic N) is 1. The third-order valence-corrected chi connectivity index (χ3v) is 4.38. The van der Waals surface area contributed by atoms with E-state index in [0.29, 0.717) is 30.9 Å². The molecule has 1 amide bonds. The first-order valence-electron chi connectivity index (χ1n) is 8.09. The molecule has 1 aromatic carbocycles. The molecule has 0 saturated heterocycles. The third kappa shape index (κ3) is 4.42. The Hall–Kier alpha value is -1.64. The van der Waals surface area contributed by atoms with Crippen LogP contribution in [0.25, 0.3) is 0 Å². The molecule has 0 aromatic heterocycles. The van der Waals surface area contributed by atoms with Gasteiger partial charge in [0.25, 0.3) is 5.91 Å². The maximum Gasteiger partial charge on any atom is 0.253 e. The lowest BCUT2D eigenvalue weighted by Gasteiger charge is -2.24. The van der Waals surface area contributed by atoms with Crippen LogP contribution in [0.5, 0.6) is 0 Å². The van der Waals surface area contributed by atoms with Crippen LogP contribution in [0.15, 0.2) is 30.3 Å². The maximum atomic E-state index is 12.4. The molecule has 0 heterocycles. The first kappa shape index (κ1) is 15.7. The summed E-state index contributed by atoms with van der Waals surface area (Å²) in [5.74, 6) is 0.604. The van der Waals surface area contributed by atoms with E-state index in [2.05, 4.69) is 0 Å². The van der Waals surface area contributed by atoms with Gasteiger partial charge >= 0.3 is 0 Å². The topological polar surface area (TPSA) is 37.4 Å². The van der Waals surface area contributed by atoms with Crippen LogP contribution in [0.3, 0.4) is 0 Å². The first-order valence-corrected chi connectivity index (χ1v) is 8.09. The highest BCUT2D eigenvalue weighted by atomic mass is 16.2. The van der Waals surface area contributed by atoms with Gasteiger partial charge in [0.2, 0.25) is 0 Å². The number of carbonyl (C=O) groups excluding carboxylic acids is 2. The Morgan fingerprint density at radius 3 is 2.38 bits per heavy atom. The van der Waals surface area contributed by atoms with Crippen molar-refractivity contribution in [2.24, 2.45) is 5.92 Å². The van der Waals surface area contributed by atoms with E-state index in [1.165, 1.54) is 19.3 Å². The van der Waals surface area contributed by atoms with Gasteiger partial charge in [0.15, 0.2) is 0 Å². The number of benzene rings is 1. The van der Waals surface area contributed by atoms with Crippen LogP contribution in [0, 0.1) is 5.92 Å². The molecule has 0 unspecified atom stereocenters. The van der Waals surface area contributed by atoms with Gasteiger partial charge in [-0.05, 0) is 31.9 Å². The molecule has 0 bridgehead atoms. The van der Waals surface area contributed by atoms with Crippen molar-refractivity contribution in [3.63, 3.8) is 0 Å². The van der Waals surface area contributed by atoms with Gasteiger partial charge in [0.05, 0.1) is 0 Å². The highest BCUT2D eigenvalue weighted by molar-refractivity contribution is 5.94. The number of carbonyl (C=O) groups is 2. The van der Waals surface area contributed by atoms with Gasteiger partial charge in [-0.15, -0.1) is 0 Å². The molecule has 3 nitrogen and oxygen atoms in total. The van der Waals surface area contributed by atoms with E-state index in [1.807, 2.05) is 37.3 Å². The maximum absolute atomic E-state index is 12.4. The highest BCUT2D eigenvalue weighted by Gasteiger charge is 2.22. The van der Waals surface area contributed by atoms with Crippen molar-refractivity contribution in [1.82, 2.24) is 4.90 Å². The smallest absolute Gasteiger partial charge is 0.253 e. The van der Waals surface area contributed by atoms with Crippen molar-refractivity contribution >= 4 is 11.7 Å². The van der Waals surface area contributed by atoms with E-state index < -0.39 is 0 Å². The quantitative estimate of drug-likeness (QED) is 0.800. The second kappa shape index (κ2) is 7.96. The molecule has 0 atom stereocenters. The minimum atomic E-state index is 0.0227.